The van der Waals surface area contributed by atoms with E-state index in [1.54, 1.807) is 6.20 Å². The van der Waals surface area contributed by atoms with Gasteiger partial charge in [0.15, 0.2) is 0 Å². The first-order chi connectivity index (χ1) is 7.48. The van der Waals surface area contributed by atoms with Crippen LogP contribution in [0.15, 0.2) is 10.7 Å². The summed E-state index contributed by atoms with van der Waals surface area (Å²) in [5, 5.41) is 0. The van der Waals surface area contributed by atoms with E-state index in [1.807, 2.05) is 0 Å². The molecule has 0 radical (unpaired) electrons. The van der Waals surface area contributed by atoms with E-state index in [2.05, 4.69) is 39.7 Å². The highest BCUT2D eigenvalue weighted by molar-refractivity contribution is 9.10. The summed E-state index contributed by atoms with van der Waals surface area (Å²) in [4.78, 5) is 8.74. The molecule has 1 fully saturated rings. The molecule has 1 aromatic rings. The molecule has 4 heteroatoms. The SMILES string of the molecule is CC1(C)CCC(c2ncc(Br)c(N)n2)CC1. The van der Waals surface area contributed by atoms with E-state index in [0.717, 1.165) is 10.3 Å². The van der Waals surface area contributed by atoms with Crippen LogP contribution in [0.2, 0.25) is 0 Å². The van der Waals surface area contributed by atoms with Crippen molar-refractivity contribution in [2.45, 2.75) is 45.4 Å². The van der Waals surface area contributed by atoms with Gasteiger partial charge in [0.1, 0.15) is 11.6 Å². The fraction of sp³-hybridized carbons (Fsp3) is 0.667. The Balaban J connectivity index is 2.11. The van der Waals surface area contributed by atoms with E-state index in [-0.39, 0.29) is 0 Å². The summed E-state index contributed by atoms with van der Waals surface area (Å²) < 4.78 is 0.785. The average molecular weight is 284 g/mol. The van der Waals surface area contributed by atoms with Gasteiger partial charge in [-0.25, -0.2) is 9.97 Å². The first-order valence-corrected chi connectivity index (χ1v) is 6.55. The summed E-state index contributed by atoms with van der Waals surface area (Å²) in [6, 6.07) is 0. The normalized spacial score (nSPS) is 20.9. The quantitative estimate of drug-likeness (QED) is 0.858. The lowest BCUT2D eigenvalue weighted by molar-refractivity contribution is 0.221. The van der Waals surface area contributed by atoms with Crippen LogP contribution in [0, 0.1) is 5.41 Å². The number of hydrogen-bond donors (Lipinski definition) is 1. The number of aromatic nitrogens is 2. The number of hydrogen-bond acceptors (Lipinski definition) is 3. The largest absolute Gasteiger partial charge is 0.383 e. The molecule has 1 heterocycles. The summed E-state index contributed by atoms with van der Waals surface area (Å²) in [6.45, 7) is 4.67. The van der Waals surface area contributed by atoms with Crippen LogP contribution in [0.1, 0.15) is 51.3 Å². The first-order valence-electron chi connectivity index (χ1n) is 5.76. The van der Waals surface area contributed by atoms with E-state index in [0.29, 0.717) is 17.2 Å². The molecule has 1 aromatic heterocycles. The van der Waals surface area contributed by atoms with E-state index in [1.165, 1.54) is 25.7 Å². The Morgan fingerprint density at radius 3 is 2.56 bits per heavy atom. The van der Waals surface area contributed by atoms with Gasteiger partial charge in [0.25, 0.3) is 0 Å². The molecule has 1 aliphatic carbocycles. The van der Waals surface area contributed by atoms with Gasteiger partial charge in [-0.3, -0.25) is 0 Å². The molecule has 0 spiro atoms. The number of anilines is 1. The van der Waals surface area contributed by atoms with Crippen LogP contribution < -0.4 is 5.73 Å². The van der Waals surface area contributed by atoms with Gasteiger partial charge in [0, 0.05) is 12.1 Å². The van der Waals surface area contributed by atoms with Crippen LogP contribution in [0.3, 0.4) is 0 Å². The lowest BCUT2D eigenvalue weighted by atomic mass is 9.73. The second-order valence-electron chi connectivity index (χ2n) is 5.40. The molecule has 2 rings (SSSR count). The first kappa shape index (κ1) is 11.8. The topological polar surface area (TPSA) is 51.8 Å². The monoisotopic (exact) mass is 283 g/mol. The van der Waals surface area contributed by atoms with Crippen LogP contribution in [0.25, 0.3) is 0 Å². The van der Waals surface area contributed by atoms with Gasteiger partial charge < -0.3 is 5.73 Å². The summed E-state index contributed by atoms with van der Waals surface area (Å²) in [6.07, 6.45) is 6.60. The third-order valence-electron chi connectivity index (χ3n) is 3.49. The molecular weight excluding hydrogens is 266 g/mol. The third kappa shape index (κ3) is 2.54. The van der Waals surface area contributed by atoms with Gasteiger partial charge in [-0.05, 0) is 47.0 Å². The summed E-state index contributed by atoms with van der Waals surface area (Å²) in [5.41, 5.74) is 6.27. The Morgan fingerprint density at radius 1 is 1.38 bits per heavy atom. The predicted molar refractivity (Wildman–Crippen MR) is 69.1 cm³/mol. The molecular formula is C12H18BrN3. The van der Waals surface area contributed by atoms with Gasteiger partial charge in [-0.1, -0.05) is 13.8 Å². The zero-order chi connectivity index (χ0) is 11.8. The summed E-state index contributed by atoms with van der Waals surface area (Å²) in [5.74, 6) is 1.95. The molecule has 2 N–H and O–H groups in total. The zero-order valence-electron chi connectivity index (χ0n) is 9.83. The minimum atomic E-state index is 0.484. The van der Waals surface area contributed by atoms with Crippen LogP contribution in [-0.4, -0.2) is 9.97 Å². The third-order valence-corrected chi connectivity index (χ3v) is 4.11. The molecule has 0 saturated heterocycles. The van der Waals surface area contributed by atoms with Gasteiger partial charge in [-0.15, -0.1) is 0 Å². The van der Waals surface area contributed by atoms with Crippen molar-refractivity contribution < 1.29 is 0 Å². The van der Waals surface area contributed by atoms with E-state index >= 15 is 0 Å². The molecule has 88 valence electrons. The van der Waals surface area contributed by atoms with Gasteiger partial charge in [-0.2, -0.15) is 0 Å². The molecule has 0 aromatic carbocycles. The fourth-order valence-corrected chi connectivity index (χ4v) is 2.44. The maximum absolute atomic E-state index is 5.78. The number of nitrogens with zero attached hydrogens (tertiary/aromatic N) is 2. The standard InChI is InChI=1S/C12H18BrN3/c1-12(2)5-3-8(4-6-12)11-15-7-9(13)10(14)16-11/h7-8H,3-6H2,1-2H3,(H2,14,15,16). The van der Waals surface area contributed by atoms with E-state index in [9.17, 15) is 0 Å². The summed E-state index contributed by atoms with van der Waals surface area (Å²) in [7, 11) is 0. The lowest BCUT2D eigenvalue weighted by Gasteiger charge is -2.33. The Morgan fingerprint density at radius 2 is 2.00 bits per heavy atom. The van der Waals surface area contributed by atoms with Crippen LogP contribution in [0.5, 0.6) is 0 Å². The molecule has 3 nitrogen and oxygen atoms in total. The molecule has 0 aliphatic heterocycles. The maximum Gasteiger partial charge on any atom is 0.141 e. The highest BCUT2D eigenvalue weighted by atomic mass is 79.9. The minimum absolute atomic E-state index is 0.484. The smallest absolute Gasteiger partial charge is 0.141 e. The fourth-order valence-electron chi connectivity index (χ4n) is 2.25. The molecule has 0 atom stereocenters. The summed E-state index contributed by atoms with van der Waals surface area (Å²) >= 11 is 3.32. The van der Waals surface area contributed by atoms with Crippen LogP contribution in [-0.2, 0) is 0 Å². The number of rotatable bonds is 1. The molecule has 16 heavy (non-hydrogen) atoms. The second kappa shape index (κ2) is 4.32. The molecule has 0 amide bonds. The predicted octanol–water partition coefficient (Wildman–Crippen LogP) is 3.51. The molecule has 0 unspecified atom stereocenters. The Labute approximate surface area is 105 Å². The van der Waals surface area contributed by atoms with Crippen molar-refractivity contribution in [3.63, 3.8) is 0 Å². The van der Waals surface area contributed by atoms with Crippen LogP contribution >= 0.6 is 15.9 Å². The number of nitrogens with two attached hydrogens (primary N) is 1. The highest BCUT2D eigenvalue weighted by Crippen LogP contribution is 2.41. The molecule has 1 aliphatic rings. The van der Waals surface area contributed by atoms with Crippen molar-refractivity contribution in [1.29, 1.82) is 0 Å². The van der Waals surface area contributed by atoms with Gasteiger partial charge in [0.2, 0.25) is 0 Å². The van der Waals surface area contributed by atoms with Crippen molar-refractivity contribution in [2.24, 2.45) is 5.41 Å². The maximum atomic E-state index is 5.78. The lowest BCUT2D eigenvalue weighted by Crippen LogP contribution is -2.21. The van der Waals surface area contributed by atoms with Crippen LogP contribution in [0.4, 0.5) is 5.82 Å². The second-order valence-corrected chi connectivity index (χ2v) is 6.25. The number of halogens is 1. The van der Waals surface area contributed by atoms with Gasteiger partial charge in [0.05, 0.1) is 4.47 Å². The van der Waals surface area contributed by atoms with E-state index < -0.39 is 0 Å². The van der Waals surface area contributed by atoms with Crippen molar-refractivity contribution in [2.75, 3.05) is 5.73 Å². The number of nitrogen functional groups attached to an aromatic ring is 1. The average Bonchev–Trinajstić information content (AvgIpc) is 2.22. The molecule has 0 bridgehead atoms. The van der Waals surface area contributed by atoms with Crippen molar-refractivity contribution in [1.82, 2.24) is 9.97 Å². The van der Waals surface area contributed by atoms with Crippen molar-refractivity contribution in [3.8, 4) is 0 Å². The zero-order valence-corrected chi connectivity index (χ0v) is 11.4. The van der Waals surface area contributed by atoms with Gasteiger partial charge >= 0.3 is 0 Å². The Kier molecular flexibility index (Phi) is 3.19. The van der Waals surface area contributed by atoms with E-state index in [4.69, 9.17) is 5.73 Å². The van der Waals surface area contributed by atoms with Crippen molar-refractivity contribution in [3.05, 3.63) is 16.5 Å². The minimum Gasteiger partial charge on any atom is -0.383 e. The van der Waals surface area contributed by atoms with Crippen molar-refractivity contribution >= 4 is 21.7 Å². The Bertz CT molecular complexity index is 380. The Hall–Kier alpha value is -0.640. The highest BCUT2D eigenvalue weighted by Gasteiger charge is 2.29. The molecule has 1 saturated carbocycles.